The molecule has 1 aromatic rings. The summed E-state index contributed by atoms with van der Waals surface area (Å²) >= 11 is 1.64. The molecule has 6 heteroatoms. The smallest absolute Gasteiger partial charge is 0.310 e. The number of nitrogens with one attached hydrogen (secondary N) is 1. The minimum Gasteiger partial charge on any atom is -0.466 e. The van der Waals surface area contributed by atoms with Gasteiger partial charge >= 0.3 is 5.97 Å². The van der Waals surface area contributed by atoms with Crippen molar-refractivity contribution in [2.45, 2.75) is 32.7 Å². The zero-order valence-corrected chi connectivity index (χ0v) is 14.0. The molecule has 1 amide bonds. The van der Waals surface area contributed by atoms with E-state index in [-0.39, 0.29) is 23.8 Å². The number of rotatable bonds is 6. The summed E-state index contributed by atoms with van der Waals surface area (Å²) in [6.45, 7) is 6.02. The maximum Gasteiger partial charge on any atom is 0.310 e. The highest BCUT2D eigenvalue weighted by Gasteiger charge is 2.27. The zero-order chi connectivity index (χ0) is 15.9. The van der Waals surface area contributed by atoms with E-state index in [1.165, 1.54) is 0 Å². The quantitative estimate of drug-likeness (QED) is 0.815. The van der Waals surface area contributed by atoms with Crippen molar-refractivity contribution in [3.63, 3.8) is 0 Å². The fourth-order valence-corrected chi connectivity index (χ4v) is 3.49. The lowest BCUT2D eigenvalue weighted by atomic mass is 9.98. The molecule has 2 rings (SSSR count). The zero-order valence-electron chi connectivity index (χ0n) is 13.2. The molecule has 2 heterocycles. The summed E-state index contributed by atoms with van der Waals surface area (Å²) in [7, 11) is 0. The second-order valence-electron chi connectivity index (χ2n) is 5.63. The fraction of sp³-hybridized carbons (Fsp3) is 0.625. The van der Waals surface area contributed by atoms with Crippen LogP contribution < -0.4 is 5.32 Å². The van der Waals surface area contributed by atoms with Crippen LogP contribution in [-0.2, 0) is 14.3 Å². The molecule has 1 saturated heterocycles. The highest BCUT2D eigenvalue weighted by molar-refractivity contribution is 7.10. The van der Waals surface area contributed by atoms with Crippen LogP contribution in [0.1, 0.15) is 37.6 Å². The van der Waals surface area contributed by atoms with Gasteiger partial charge in [0.2, 0.25) is 5.91 Å². The predicted molar refractivity (Wildman–Crippen MR) is 86.7 cm³/mol. The minimum absolute atomic E-state index is 0.00501. The molecule has 1 aromatic heterocycles. The van der Waals surface area contributed by atoms with Crippen molar-refractivity contribution in [2.24, 2.45) is 5.92 Å². The summed E-state index contributed by atoms with van der Waals surface area (Å²) in [5, 5.41) is 5.02. The van der Waals surface area contributed by atoms with Gasteiger partial charge in [0.25, 0.3) is 0 Å². The standard InChI is InChI=1S/C16H24N2O3S/c1-3-21-16(20)13-6-4-8-18(10-13)11-15(19)17-12(2)14-7-5-9-22-14/h5,7,9,12-13H,3-4,6,8,10-11H2,1-2H3,(H,17,19)/t12-,13-/m0/s1. The van der Waals surface area contributed by atoms with E-state index in [0.717, 1.165) is 24.3 Å². The van der Waals surface area contributed by atoms with Crippen molar-refractivity contribution in [1.82, 2.24) is 10.2 Å². The number of likely N-dealkylation sites (tertiary alicyclic amines) is 1. The number of nitrogens with zero attached hydrogens (tertiary/aromatic N) is 1. The molecule has 1 fully saturated rings. The number of hydrogen-bond acceptors (Lipinski definition) is 5. The SMILES string of the molecule is CCOC(=O)[C@H]1CCCN(CC(=O)N[C@@H](C)c2cccs2)C1. The minimum atomic E-state index is -0.139. The van der Waals surface area contributed by atoms with Crippen molar-refractivity contribution < 1.29 is 14.3 Å². The number of piperidine rings is 1. The lowest BCUT2D eigenvalue weighted by Gasteiger charge is -2.31. The number of hydrogen-bond donors (Lipinski definition) is 1. The van der Waals surface area contributed by atoms with Gasteiger partial charge in [0.15, 0.2) is 0 Å². The van der Waals surface area contributed by atoms with Gasteiger partial charge in [0.1, 0.15) is 0 Å². The number of amides is 1. The van der Waals surface area contributed by atoms with Crippen molar-refractivity contribution in [2.75, 3.05) is 26.2 Å². The van der Waals surface area contributed by atoms with E-state index in [9.17, 15) is 9.59 Å². The van der Waals surface area contributed by atoms with Crippen LogP contribution in [0.5, 0.6) is 0 Å². The molecule has 22 heavy (non-hydrogen) atoms. The van der Waals surface area contributed by atoms with Gasteiger partial charge < -0.3 is 10.1 Å². The number of esters is 1. The third-order valence-electron chi connectivity index (χ3n) is 3.84. The van der Waals surface area contributed by atoms with Crippen molar-refractivity contribution >= 4 is 23.2 Å². The van der Waals surface area contributed by atoms with Crippen LogP contribution >= 0.6 is 11.3 Å². The Bertz CT molecular complexity index is 490. The monoisotopic (exact) mass is 324 g/mol. The Hall–Kier alpha value is -1.40. The maximum atomic E-state index is 12.2. The van der Waals surface area contributed by atoms with E-state index < -0.39 is 0 Å². The average Bonchev–Trinajstić information content (AvgIpc) is 3.02. The molecule has 122 valence electrons. The largest absolute Gasteiger partial charge is 0.466 e. The third kappa shape index (κ3) is 4.81. The molecule has 0 bridgehead atoms. The highest BCUT2D eigenvalue weighted by atomic mass is 32.1. The topological polar surface area (TPSA) is 58.6 Å². The van der Waals surface area contributed by atoms with E-state index in [4.69, 9.17) is 4.74 Å². The first kappa shape index (κ1) is 17.0. The van der Waals surface area contributed by atoms with E-state index in [0.29, 0.717) is 19.7 Å². The molecule has 0 saturated carbocycles. The molecular weight excluding hydrogens is 300 g/mol. The molecule has 2 atom stereocenters. The van der Waals surface area contributed by atoms with Crippen LogP contribution in [0.25, 0.3) is 0 Å². The van der Waals surface area contributed by atoms with Crippen LogP contribution in [-0.4, -0.2) is 43.0 Å². The van der Waals surface area contributed by atoms with Crippen LogP contribution in [0, 0.1) is 5.92 Å². The molecule has 0 radical (unpaired) electrons. The molecule has 0 unspecified atom stereocenters. The Morgan fingerprint density at radius 1 is 1.55 bits per heavy atom. The van der Waals surface area contributed by atoms with Gasteiger partial charge in [-0.1, -0.05) is 6.07 Å². The van der Waals surface area contributed by atoms with Crippen LogP contribution in [0.15, 0.2) is 17.5 Å². The van der Waals surface area contributed by atoms with Crippen molar-refractivity contribution in [1.29, 1.82) is 0 Å². The Balaban J connectivity index is 1.79. The molecule has 5 nitrogen and oxygen atoms in total. The van der Waals surface area contributed by atoms with E-state index >= 15 is 0 Å². The van der Waals surface area contributed by atoms with Gasteiger partial charge in [-0.15, -0.1) is 11.3 Å². The number of carbonyl (C=O) groups is 2. The first-order chi connectivity index (χ1) is 10.6. The Kier molecular flexibility index (Phi) is 6.39. The Morgan fingerprint density at radius 3 is 3.05 bits per heavy atom. The summed E-state index contributed by atoms with van der Waals surface area (Å²) in [6.07, 6.45) is 1.78. The predicted octanol–water partition coefficient (Wildman–Crippen LogP) is 2.20. The molecule has 1 aliphatic rings. The fourth-order valence-electron chi connectivity index (χ4n) is 2.75. The molecule has 1 aliphatic heterocycles. The third-order valence-corrected chi connectivity index (χ3v) is 4.90. The van der Waals surface area contributed by atoms with E-state index in [2.05, 4.69) is 5.32 Å². The van der Waals surface area contributed by atoms with Gasteiger partial charge in [0.05, 0.1) is 25.1 Å². The average molecular weight is 324 g/mol. The Labute approximate surface area is 135 Å². The number of ether oxygens (including phenoxy) is 1. The first-order valence-electron chi connectivity index (χ1n) is 7.82. The summed E-state index contributed by atoms with van der Waals surface area (Å²) in [6, 6.07) is 4.03. The van der Waals surface area contributed by atoms with Crippen molar-refractivity contribution in [3.8, 4) is 0 Å². The van der Waals surface area contributed by atoms with Gasteiger partial charge in [-0.05, 0) is 44.7 Å². The second kappa shape index (κ2) is 8.29. The Morgan fingerprint density at radius 2 is 2.36 bits per heavy atom. The molecular formula is C16H24N2O3S. The molecule has 0 aliphatic carbocycles. The summed E-state index contributed by atoms with van der Waals surface area (Å²) in [5.74, 6) is -0.235. The molecule has 0 aromatic carbocycles. The van der Waals surface area contributed by atoms with E-state index in [1.807, 2.05) is 36.3 Å². The van der Waals surface area contributed by atoms with Gasteiger partial charge in [0, 0.05) is 11.4 Å². The summed E-state index contributed by atoms with van der Waals surface area (Å²) in [4.78, 5) is 27.2. The van der Waals surface area contributed by atoms with Crippen molar-refractivity contribution in [3.05, 3.63) is 22.4 Å². The second-order valence-corrected chi connectivity index (χ2v) is 6.61. The highest BCUT2D eigenvalue weighted by Crippen LogP contribution is 2.19. The molecule has 0 spiro atoms. The van der Waals surface area contributed by atoms with Crippen LogP contribution in [0.2, 0.25) is 0 Å². The molecule has 1 N–H and O–H groups in total. The number of carbonyl (C=O) groups excluding carboxylic acids is 2. The first-order valence-corrected chi connectivity index (χ1v) is 8.70. The van der Waals surface area contributed by atoms with Crippen LogP contribution in [0.4, 0.5) is 0 Å². The van der Waals surface area contributed by atoms with Gasteiger partial charge in [-0.2, -0.15) is 0 Å². The normalized spacial score (nSPS) is 20.4. The lowest BCUT2D eigenvalue weighted by molar-refractivity contribution is -0.150. The maximum absolute atomic E-state index is 12.2. The van der Waals surface area contributed by atoms with Gasteiger partial charge in [-0.3, -0.25) is 14.5 Å². The van der Waals surface area contributed by atoms with E-state index in [1.54, 1.807) is 11.3 Å². The summed E-state index contributed by atoms with van der Waals surface area (Å²) < 4.78 is 5.08. The summed E-state index contributed by atoms with van der Waals surface area (Å²) in [5.41, 5.74) is 0. The number of thiophene rings is 1. The van der Waals surface area contributed by atoms with Crippen LogP contribution in [0.3, 0.4) is 0 Å². The van der Waals surface area contributed by atoms with Gasteiger partial charge in [-0.25, -0.2) is 0 Å². The lowest BCUT2D eigenvalue weighted by Crippen LogP contribution is -2.44.